The minimum Gasteiger partial charge on any atom is -0.657 e. The van der Waals surface area contributed by atoms with Crippen molar-refractivity contribution in [3.63, 3.8) is 0 Å². The molecule has 9 heteroatoms. The Hall–Kier alpha value is -7.74. The standard InChI is InChI=1S/C65H58N4O4.Ni/c1-63(2,3)41-20-12-38(13-21-41)55-48-30-31-49(66-48)56(39-14-22-42(23-15-39)64(4,5)6)51-34-35-53(68-51)59-61(73-62(70)40-18-27-45(72-11)28-19-40)58-54(37-16-25-44(71-10)26-17-37)47-36-43(65(7,8)9)24-29-46(47)57(60(58)69-59)52-33-32-50(55)67-52;/h12-36H,1-11H3;/q-2;+2. The van der Waals surface area contributed by atoms with E-state index in [-0.39, 0.29) is 32.7 Å². The van der Waals surface area contributed by atoms with E-state index in [1.165, 1.54) is 11.1 Å². The SMILES string of the molecule is COc1ccc(C(=O)OC2=C3N=c4c2c(-c2ccc(OC)cc2)c2cc(C(C)(C)C)ccc2c4=c2ccc([n-]2)=C(c2ccc(C(C)(C)C)cc2)C2=NC(=C(c4ccc(C(C)(C)C)cc4)c4ccc3[n-]4)C=C2)cc1.[Ni+2]. The topological polar surface area (TPSA) is 97.7 Å². The molecule has 8 nitrogen and oxygen atoms in total. The van der Waals surface area contributed by atoms with Gasteiger partial charge in [-0.3, -0.25) is 0 Å². The molecule has 6 aromatic carbocycles. The number of fused-ring (bicyclic) bond motifs is 9. The van der Waals surface area contributed by atoms with Gasteiger partial charge < -0.3 is 24.2 Å². The zero-order valence-electron chi connectivity index (χ0n) is 43.7. The quantitative estimate of drug-likeness (QED) is 0.117. The molecule has 0 unspecified atom stereocenters. The summed E-state index contributed by atoms with van der Waals surface area (Å²) in [5.74, 6) is 1.10. The number of allylic oxidation sites excluding steroid dienone is 2. The van der Waals surface area contributed by atoms with Gasteiger partial charge in [-0.15, -0.1) is 22.1 Å². The van der Waals surface area contributed by atoms with Crippen LogP contribution in [0.15, 0.2) is 167 Å². The van der Waals surface area contributed by atoms with Crippen LogP contribution in [0.25, 0.3) is 44.5 Å². The zero-order valence-corrected chi connectivity index (χ0v) is 44.7. The van der Waals surface area contributed by atoms with Crippen molar-refractivity contribution in [3.8, 4) is 22.6 Å². The van der Waals surface area contributed by atoms with Crippen molar-refractivity contribution < 1.29 is 35.5 Å². The number of benzene rings is 6. The molecule has 0 spiro atoms. The van der Waals surface area contributed by atoms with Crippen molar-refractivity contribution in [1.29, 1.82) is 0 Å². The molecule has 5 heterocycles. The molecule has 74 heavy (non-hydrogen) atoms. The van der Waals surface area contributed by atoms with E-state index in [4.69, 9.17) is 34.2 Å². The van der Waals surface area contributed by atoms with E-state index in [2.05, 4.69) is 165 Å². The summed E-state index contributed by atoms with van der Waals surface area (Å²) in [7, 11) is 3.27. The maximum absolute atomic E-state index is 14.7. The molecule has 0 fully saturated rings. The van der Waals surface area contributed by atoms with E-state index >= 15 is 0 Å². The van der Waals surface area contributed by atoms with Gasteiger partial charge in [0.2, 0.25) is 0 Å². The Bertz CT molecular complexity index is 3920. The van der Waals surface area contributed by atoms with Gasteiger partial charge >= 0.3 is 22.5 Å². The maximum atomic E-state index is 14.7. The minimum atomic E-state index is -0.546. The number of ether oxygens (including phenoxy) is 3. The molecule has 0 saturated heterocycles. The molecule has 3 aliphatic rings. The number of carbonyl (C=O) groups is 1. The first-order valence-corrected chi connectivity index (χ1v) is 24.9. The van der Waals surface area contributed by atoms with Crippen LogP contribution in [0.5, 0.6) is 11.5 Å². The Morgan fingerprint density at radius 2 is 1.04 bits per heavy atom. The third kappa shape index (κ3) is 8.87. The molecule has 0 aliphatic carbocycles. The third-order valence-electron chi connectivity index (χ3n) is 14.2. The van der Waals surface area contributed by atoms with Crippen LogP contribution in [0.2, 0.25) is 0 Å². The van der Waals surface area contributed by atoms with E-state index in [1.807, 2.05) is 24.3 Å². The van der Waals surface area contributed by atoms with Gasteiger partial charge in [-0.1, -0.05) is 159 Å². The predicted octanol–water partition coefficient (Wildman–Crippen LogP) is 12.9. The van der Waals surface area contributed by atoms with Crippen LogP contribution in [0.4, 0.5) is 0 Å². The van der Waals surface area contributed by atoms with Gasteiger partial charge in [0.1, 0.15) is 11.5 Å². The second-order valence-corrected chi connectivity index (χ2v) is 22.2. The van der Waals surface area contributed by atoms with Crippen molar-refractivity contribution in [3.05, 3.63) is 229 Å². The summed E-state index contributed by atoms with van der Waals surface area (Å²) in [5.41, 5.74) is 13.1. The molecule has 0 atom stereocenters. The number of hydrogen-bond donors (Lipinski definition) is 0. The monoisotopic (exact) mass is 1020 g/mol. The first-order valence-electron chi connectivity index (χ1n) is 24.9. The number of hydrogen-bond acceptors (Lipinski definition) is 6. The average molecular weight is 1020 g/mol. The van der Waals surface area contributed by atoms with Gasteiger partial charge in [-0.25, -0.2) is 14.8 Å². The normalized spacial score (nSPS) is 14.1. The number of esters is 1. The molecule has 11 rings (SSSR count). The smallest absolute Gasteiger partial charge is 0.657 e. The van der Waals surface area contributed by atoms with Gasteiger partial charge in [-0.05, 0) is 131 Å². The largest absolute Gasteiger partial charge is 2.00 e. The Morgan fingerprint density at radius 3 is 1.64 bits per heavy atom. The fraction of sp³-hybridized carbons (Fsp3) is 0.215. The first-order chi connectivity index (χ1) is 34.9. The molecule has 0 radical (unpaired) electrons. The number of aromatic nitrogens is 2. The molecule has 0 saturated carbocycles. The summed E-state index contributed by atoms with van der Waals surface area (Å²) in [6.07, 6.45) is 4.18. The molecule has 8 aromatic rings. The Kier molecular flexibility index (Phi) is 12.5. The summed E-state index contributed by atoms with van der Waals surface area (Å²) in [4.78, 5) is 36.9. The Labute approximate surface area is 442 Å². The van der Waals surface area contributed by atoms with Crippen LogP contribution >= 0.6 is 0 Å². The Morgan fingerprint density at radius 1 is 0.500 bits per heavy atom. The number of rotatable bonds is 7. The molecule has 2 aromatic heterocycles. The number of nitrogens with zero attached hydrogens (tertiary/aromatic N) is 4. The van der Waals surface area contributed by atoms with Crippen molar-refractivity contribution in [2.45, 2.75) is 78.6 Å². The van der Waals surface area contributed by atoms with Gasteiger partial charge in [0.05, 0.1) is 47.8 Å². The molecule has 0 N–H and O–H groups in total. The fourth-order valence-corrected chi connectivity index (χ4v) is 10.1. The zero-order chi connectivity index (χ0) is 51.1. The summed E-state index contributed by atoms with van der Waals surface area (Å²) >= 11 is 0. The van der Waals surface area contributed by atoms with Crippen LogP contribution in [-0.2, 0) is 37.5 Å². The summed E-state index contributed by atoms with van der Waals surface area (Å²) < 4.78 is 17.9. The van der Waals surface area contributed by atoms with E-state index in [0.717, 1.165) is 82.8 Å². The second-order valence-electron chi connectivity index (χ2n) is 22.2. The first kappa shape index (κ1) is 49.8. The van der Waals surface area contributed by atoms with Gasteiger partial charge in [0.15, 0.2) is 5.76 Å². The molecular weight excluding hydrogens is 959 g/mol. The molecule has 3 aliphatic heterocycles. The second kappa shape index (κ2) is 18.6. The van der Waals surface area contributed by atoms with Crippen LogP contribution in [0.1, 0.15) is 117 Å². The van der Waals surface area contributed by atoms with Crippen LogP contribution < -0.4 is 30.1 Å². The molecule has 372 valence electrons. The van der Waals surface area contributed by atoms with Gasteiger partial charge in [0.25, 0.3) is 0 Å². The van der Waals surface area contributed by atoms with Crippen molar-refractivity contribution >= 4 is 45.1 Å². The number of carbonyl (C=O) groups excluding carboxylic acids is 1. The summed E-state index contributed by atoms with van der Waals surface area (Å²) in [5, 5.41) is 4.85. The van der Waals surface area contributed by atoms with E-state index in [1.54, 1.807) is 38.5 Å². The summed E-state index contributed by atoms with van der Waals surface area (Å²) in [6, 6.07) is 47.3. The van der Waals surface area contributed by atoms with Crippen molar-refractivity contribution in [2.24, 2.45) is 9.98 Å². The molecular formula is C65H58N4NiO4. The predicted molar refractivity (Wildman–Crippen MR) is 293 cm³/mol. The number of aliphatic imine (C=N–C) groups is 1. The van der Waals surface area contributed by atoms with Gasteiger partial charge in [0, 0.05) is 5.56 Å². The van der Waals surface area contributed by atoms with Crippen LogP contribution in [0, 0.1) is 10.6 Å². The van der Waals surface area contributed by atoms with Crippen molar-refractivity contribution in [2.75, 3.05) is 14.2 Å². The van der Waals surface area contributed by atoms with Crippen LogP contribution in [0.3, 0.4) is 0 Å². The average Bonchev–Trinajstić information content (AvgIpc) is 4.22. The molecule has 0 amide bonds. The van der Waals surface area contributed by atoms with Gasteiger partial charge in [-0.2, -0.15) is 0 Å². The maximum Gasteiger partial charge on any atom is 2.00 e. The fourth-order valence-electron chi connectivity index (χ4n) is 10.1. The Balaban J connectivity index is 0.00000626. The minimum absolute atomic E-state index is 0. The molecule has 8 bridgehead atoms. The third-order valence-corrected chi connectivity index (χ3v) is 14.2. The van der Waals surface area contributed by atoms with E-state index in [0.29, 0.717) is 45.1 Å². The van der Waals surface area contributed by atoms with Crippen LogP contribution in [-0.4, -0.2) is 25.9 Å². The van der Waals surface area contributed by atoms with E-state index < -0.39 is 5.97 Å². The van der Waals surface area contributed by atoms with E-state index in [9.17, 15) is 4.79 Å². The van der Waals surface area contributed by atoms with Crippen molar-refractivity contribution in [1.82, 2.24) is 9.97 Å². The summed E-state index contributed by atoms with van der Waals surface area (Å²) in [6.45, 7) is 20.0. The number of methoxy groups -OCH3 is 2.